The molecule has 2 atom stereocenters. The molecule has 2 aromatic heterocycles. The standard InChI is InChI=1S/C24H33N7O/c1-3-31-17(11-12-19(25)18-10-6-5-9-16(18)2)15-32-24-23(31)27-21-20(26-24)22(29-28-21)30-13-7-4-8-14-30/h5-6,9-10,17,19H,3-4,7-8,11-15,25H2,1-2H3,(H,27,28,29)/t17-,19+/m1/s1. The van der Waals surface area contributed by atoms with Gasteiger partial charge in [0, 0.05) is 25.7 Å². The van der Waals surface area contributed by atoms with E-state index in [-0.39, 0.29) is 12.1 Å². The van der Waals surface area contributed by atoms with Gasteiger partial charge in [0.1, 0.15) is 6.61 Å². The lowest BCUT2D eigenvalue weighted by molar-refractivity contribution is 0.241. The molecule has 170 valence electrons. The number of hydrogen-bond acceptors (Lipinski definition) is 7. The third-order valence-corrected chi connectivity index (χ3v) is 6.85. The average molecular weight is 436 g/mol. The SMILES string of the molecule is CCN1c2nc3[nH]nc(N4CCCCC4)c3nc2OC[C@H]1CC[C@H](N)c1ccccc1C. The molecule has 0 bridgehead atoms. The molecule has 32 heavy (non-hydrogen) atoms. The van der Waals surface area contributed by atoms with Crippen LogP contribution in [0.1, 0.15) is 56.2 Å². The van der Waals surface area contributed by atoms with Gasteiger partial charge >= 0.3 is 0 Å². The first-order valence-corrected chi connectivity index (χ1v) is 11.9. The monoisotopic (exact) mass is 435 g/mol. The van der Waals surface area contributed by atoms with Crippen molar-refractivity contribution in [2.24, 2.45) is 5.73 Å². The molecule has 3 N–H and O–H groups in total. The van der Waals surface area contributed by atoms with E-state index >= 15 is 0 Å². The van der Waals surface area contributed by atoms with E-state index in [9.17, 15) is 0 Å². The van der Waals surface area contributed by atoms with Gasteiger partial charge in [-0.15, -0.1) is 0 Å². The Labute approximate surface area is 189 Å². The van der Waals surface area contributed by atoms with Gasteiger partial charge in [-0.25, -0.2) is 9.97 Å². The number of aromatic amines is 1. The lowest BCUT2D eigenvalue weighted by Crippen LogP contribution is -2.44. The molecule has 0 radical (unpaired) electrons. The second-order valence-electron chi connectivity index (χ2n) is 8.94. The van der Waals surface area contributed by atoms with Gasteiger partial charge in [-0.1, -0.05) is 24.3 Å². The van der Waals surface area contributed by atoms with E-state index in [4.69, 9.17) is 20.4 Å². The predicted molar refractivity (Wildman–Crippen MR) is 127 cm³/mol. The van der Waals surface area contributed by atoms with Crippen molar-refractivity contribution in [1.82, 2.24) is 20.2 Å². The Kier molecular flexibility index (Phi) is 5.87. The van der Waals surface area contributed by atoms with E-state index in [1.807, 2.05) is 0 Å². The number of nitrogens with two attached hydrogens (primary N) is 1. The number of aryl methyl sites for hydroxylation is 1. The van der Waals surface area contributed by atoms with Crippen molar-refractivity contribution in [2.75, 3.05) is 36.0 Å². The fraction of sp³-hybridized carbons (Fsp3) is 0.542. The number of benzene rings is 1. The lowest BCUT2D eigenvalue weighted by Gasteiger charge is -2.36. The molecular formula is C24H33N7O. The van der Waals surface area contributed by atoms with Crippen molar-refractivity contribution in [3.8, 4) is 5.88 Å². The van der Waals surface area contributed by atoms with Gasteiger partial charge in [-0.05, 0) is 57.1 Å². The van der Waals surface area contributed by atoms with E-state index < -0.39 is 0 Å². The fourth-order valence-electron chi connectivity index (χ4n) is 5.03. The summed E-state index contributed by atoms with van der Waals surface area (Å²) in [6, 6.07) is 8.61. The molecule has 8 nitrogen and oxygen atoms in total. The summed E-state index contributed by atoms with van der Waals surface area (Å²) in [5.74, 6) is 2.31. The molecule has 1 saturated heterocycles. The van der Waals surface area contributed by atoms with Crippen LogP contribution in [0.5, 0.6) is 5.88 Å². The van der Waals surface area contributed by atoms with E-state index in [2.05, 4.69) is 58.1 Å². The van der Waals surface area contributed by atoms with E-state index in [0.717, 1.165) is 55.3 Å². The molecule has 5 rings (SSSR count). The minimum absolute atomic E-state index is 0.0181. The maximum atomic E-state index is 6.54. The second-order valence-corrected chi connectivity index (χ2v) is 8.94. The van der Waals surface area contributed by atoms with Gasteiger partial charge < -0.3 is 20.3 Å². The Morgan fingerprint density at radius 3 is 2.75 bits per heavy atom. The second kappa shape index (κ2) is 8.94. The Balaban J connectivity index is 1.35. The minimum Gasteiger partial charge on any atom is -0.473 e. The van der Waals surface area contributed by atoms with Crippen LogP contribution in [0.4, 0.5) is 11.6 Å². The Hall–Kier alpha value is -2.87. The molecule has 3 aromatic rings. The zero-order valence-electron chi connectivity index (χ0n) is 19.0. The molecule has 4 heterocycles. The normalized spacial score (nSPS) is 19.7. The quantitative estimate of drug-likeness (QED) is 0.609. The zero-order valence-corrected chi connectivity index (χ0v) is 19.0. The number of rotatable bonds is 6. The van der Waals surface area contributed by atoms with Crippen LogP contribution in [-0.4, -0.2) is 52.4 Å². The molecule has 0 unspecified atom stereocenters. The van der Waals surface area contributed by atoms with E-state index in [0.29, 0.717) is 12.5 Å². The topological polar surface area (TPSA) is 96.2 Å². The summed E-state index contributed by atoms with van der Waals surface area (Å²) in [5.41, 5.74) is 10.5. The lowest BCUT2D eigenvalue weighted by atomic mass is 9.96. The number of fused-ring (bicyclic) bond motifs is 2. The number of likely N-dealkylation sites (N-methyl/N-ethyl adjacent to an activating group) is 1. The maximum Gasteiger partial charge on any atom is 0.258 e. The molecule has 0 amide bonds. The number of anilines is 2. The number of ether oxygens (including phenoxy) is 1. The smallest absolute Gasteiger partial charge is 0.258 e. The van der Waals surface area contributed by atoms with Crippen LogP contribution in [0.3, 0.4) is 0 Å². The van der Waals surface area contributed by atoms with E-state index in [1.54, 1.807) is 0 Å². The van der Waals surface area contributed by atoms with Crippen molar-refractivity contribution < 1.29 is 4.74 Å². The predicted octanol–water partition coefficient (Wildman–Crippen LogP) is 3.72. The molecule has 0 spiro atoms. The molecule has 2 aliphatic rings. The average Bonchev–Trinajstić information content (AvgIpc) is 3.24. The van der Waals surface area contributed by atoms with Crippen LogP contribution < -0.4 is 20.3 Å². The van der Waals surface area contributed by atoms with Gasteiger partial charge in [-0.2, -0.15) is 5.10 Å². The highest BCUT2D eigenvalue weighted by Gasteiger charge is 2.31. The molecule has 0 aliphatic carbocycles. The maximum absolute atomic E-state index is 6.54. The van der Waals surface area contributed by atoms with E-state index in [1.165, 1.54) is 30.4 Å². The number of H-pyrrole nitrogens is 1. The largest absolute Gasteiger partial charge is 0.473 e. The number of nitrogens with one attached hydrogen (secondary N) is 1. The van der Waals surface area contributed by atoms with Crippen LogP contribution in [0, 0.1) is 6.92 Å². The van der Waals surface area contributed by atoms with Crippen LogP contribution >= 0.6 is 0 Å². The van der Waals surface area contributed by atoms with Gasteiger partial charge in [-0.3, -0.25) is 5.10 Å². The fourth-order valence-corrected chi connectivity index (χ4v) is 5.03. The summed E-state index contributed by atoms with van der Waals surface area (Å²) in [6.07, 6.45) is 5.50. The zero-order chi connectivity index (χ0) is 22.1. The van der Waals surface area contributed by atoms with Crippen LogP contribution in [0.15, 0.2) is 24.3 Å². The van der Waals surface area contributed by atoms with Crippen molar-refractivity contribution in [3.63, 3.8) is 0 Å². The molecule has 0 saturated carbocycles. The molecular weight excluding hydrogens is 402 g/mol. The first-order valence-electron chi connectivity index (χ1n) is 11.9. The van der Waals surface area contributed by atoms with Crippen molar-refractivity contribution in [3.05, 3.63) is 35.4 Å². The third kappa shape index (κ3) is 3.88. The summed E-state index contributed by atoms with van der Waals surface area (Å²) >= 11 is 0. The Morgan fingerprint density at radius 1 is 1.16 bits per heavy atom. The number of hydrogen-bond donors (Lipinski definition) is 2. The number of aromatic nitrogens is 4. The summed E-state index contributed by atoms with van der Waals surface area (Å²) in [6.45, 7) is 7.75. The summed E-state index contributed by atoms with van der Waals surface area (Å²) in [4.78, 5) is 14.4. The summed E-state index contributed by atoms with van der Waals surface area (Å²) in [7, 11) is 0. The molecule has 8 heteroatoms. The molecule has 2 aliphatic heterocycles. The highest BCUT2D eigenvalue weighted by atomic mass is 16.5. The number of piperidine rings is 1. The highest BCUT2D eigenvalue weighted by Crippen LogP contribution is 2.36. The van der Waals surface area contributed by atoms with Gasteiger partial charge in [0.05, 0.1) is 6.04 Å². The van der Waals surface area contributed by atoms with Crippen LogP contribution in [0.25, 0.3) is 11.2 Å². The Morgan fingerprint density at radius 2 is 1.97 bits per heavy atom. The first kappa shape index (κ1) is 21.0. The molecule has 1 aromatic carbocycles. The number of nitrogens with zero attached hydrogens (tertiary/aromatic N) is 5. The minimum atomic E-state index is 0.0181. The van der Waals surface area contributed by atoms with Crippen molar-refractivity contribution in [1.29, 1.82) is 0 Å². The summed E-state index contributed by atoms with van der Waals surface area (Å²) < 4.78 is 6.13. The van der Waals surface area contributed by atoms with Gasteiger partial charge in [0.2, 0.25) is 0 Å². The van der Waals surface area contributed by atoms with Crippen molar-refractivity contribution in [2.45, 2.75) is 58.0 Å². The van der Waals surface area contributed by atoms with Crippen LogP contribution in [0.2, 0.25) is 0 Å². The Bertz CT molecular complexity index is 1080. The highest BCUT2D eigenvalue weighted by molar-refractivity contribution is 5.85. The first-order chi connectivity index (χ1) is 15.7. The summed E-state index contributed by atoms with van der Waals surface area (Å²) in [5, 5.41) is 7.65. The van der Waals surface area contributed by atoms with Crippen molar-refractivity contribution >= 4 is 22.8 Å². The van der Waals surface area contributed by atoms with Gasteiger partial charge in [0.15, 0.2) is 22.8 Å². The molecule has 1 fully saturated rings. The van der Waals surface area contributed by atoms with Crippen LogP contribution in [-0.2, 0) is 0 Å². The third-order valence-electron chi connectivity index (χ3n) is 6.85. The van der Waals surface area contributed by atoms with Gasteiger partial charge in [0.25, 0.3) is 5.88 Å².